The van der Waals surface area contributed by atoms with E-state index >= 15 is 13.2 Å². The van der Waals surface area contributed by atoms with E-state index in [0.29, 0.717) is 23.1 Å². The van der Waals surface area contributed by atoms with Gasteiger partial charge in [0.1, 0.15) is 6.10 Å². The molecule has 0 bridgehead atoms. The third-order valence-corrected chi connectivity index (χ3v) is 13.1. The zero-order valence-corrected chi connectivity index (χ0v) is 33.1. The Morgan fingerprint density at radius 3 is 2.18 bits per heavy atom. The first-order valence-corrected chi connectivity index (χ1v) is 20.8. The van der Waals surface area contributed by atoms with E-state index in [1.807, 2.05) is 13.0 Å². The second-order valence-electron chi connectivity index (χ2n) is 14.7. The molecule has 6 rings (SSSR count). The monoisotopic (exact) mass is 814 g/mol. The van der Waals surface area contributed by atoms with Crippen LogP contribution in [-0.2, 0) is 41.7 Å². The number of fused-ring (bicyclic) bond motifs is 1. The molecule has 304 valence electrons. The number of carbonyl (C=O) groups excluding carboxylic acids is 1. The van der Waals surface area contributed by atoms with Gasteiger partial charge in [0.25, 0.3) is 0 Å². The van der Waals surface area contributed by atoms with Crippen LogP contribution in [0, 0.1) is 29.6 Å². The number of carbonyl (C=O) groups is 1. The molecule has 57 heavy (non-hydrogen) atoms. The third-order valence-electron chi connectivity index (χ3n) is 11.1. The summed E-state index contributed by atoms with van der Waals surface area (Å²) in [6.45, 7) is 9.54. The van der Waals surface area contributed by atoms with Gasteiger partial charge in [-0.3, -0.25) is 19.3 Å². The standard InChI is InChI=1S/C43H45F6N2O5P/c1-6-33-25(4)18-37-40(26(5)56-41(37)52)35(33)17-15-31-14-12-29(22-50-31)27-13-16-34(39(20-27)43(47,48)49)36-21-32(24-57(53,54-7-2)55-8-3)51-23-38(36)28-10-9-11-30(19-28)42(44,45)46/h9-17,19-23,25-26,33,35,37,40H,6-8,18,24H2,1-5H3/b17-15+/t25-,26+,33+,35-,37+,40-/m0/s1. The smallest absolute Gasteiger partial charge is 0.417 e. The number of aromatic nitrogens is 2. The van der Waals surface area contributed by atoms with E-state index in [0.717, 1.165) is 31.0 Å². The molecule has 2 aliphatic rings. The molecule has 14 heteroatoms. The van der Waals surface area contributed by atoms with E-state index in [-0.39, 0.29) is 82.7 Å². The van der Waals surface area contributed by atoms with Crippen LogP contribution in [0.1, 0.15) is 70.0 Å². The molecular formula is C43H45F6N2O5P. The topological polar surface area (TPSA) is 87.6 Å². The minimum atomic E-state index is -4.89. The number of allylic oxidation sites excluding steroid dienone is 1. The summed E-state index contributed by atoms with van der Waals surface area (Å²) >= 11 is 0. The molecule has 2 fully saturated rings. The van der Waals surface area contributed by atoms with Crippen LogP contribution in [0.3, 0.4) is 0 Å². The van der Waals surface area contributed by atoms with Gasteiger partial charge in [0.15, 0.2) is 0 Å². The van der Waals surface area contributed by atoms with Gasteiger partial charge in [0, 0.05) is 29.4 Å². The van der Waals surface area contributed by atoms with Gasteiger partial charge < -0.3 is 13.8 Å². The Morgan fingerprint density at radius 2 is 1.54 bits per heavy atom. The fraction of sp³-hybridized carbons (Fsp3) is 0.419. The highest BCUT2D eigenvalue weighted by Crippen LogP contribution is 2.53. The highest BCUT2D eigenvalue weighted by atomic mass is 31.2. The molecule has 6 atom stereocenters. The first kappa shape index (κ1) is 42.3. The first-order valence-electron chi connectivity index (χ1n) is 19.1. The number of nitrogens with zero attached hydrogens (tertiary/aromatic N) is 2. The molecule has 7 nitrogen and oxygen atoms in total. The Bertz CT molecular complexity index is 2150. The summed E-state index contributed by atoms with van der Waals surface area (Å²) in [6.07, 6.45) is -1.80. The van der Waals surface area contributed by atoms with E-state index in [2.05, 4.69) is 29.9 Å². The van der Waals surface area contributed by atoms with Crippen LogP contribution in [0.2, 0.25) is 0 Å². The number of benzene rings is 2. The number of esters is 1. The van der Waals surface area contributed by atoms with E-state index in [1.54, 1.807) is 26.0 Å². The van der Waals surface area contributed by atoms with Crippen LogP contribution in [0.15, 0.2) is 79.1 Å². The van der Waals surface area contributed by atoms with E-state index < -0.39 is 31.1 Å². The quantitative estimate of drug-likeness (QED) is 0.0799. The highest BCUT2D eigenvalue weighted by molar-refractivity contribution is 7.53. The lowest BCUT2D eigenvalue weighted by molar-refractivity contribution is -0.144. The molecule has 1 saturated heterocycles. The second-order valence-corrected chi connectivity index (χ2v) is 16.7. The van der Waals surface area contributed by atoms with Gasteiger partial charge in [-0.15, -0.1) is 0 Å². The number of cyclic esters (lactones) is 1. The number of halogens is 6. The van der Waals surface area contributed by atoms with Crippen LogP contribution >= 0.6 is 7.60 Å². The molecule has 0 spiro atoms. The maximum atomic E-state index is 15.0. The molecule has 0 amide bonds. The average Bonchev–Trinajstić information content (AvgIpc) is 3.44. The van der Waals surface area contributed by atoms with Crippen molar-refractivity contribution in [2.75, 3.05) is 13.2 Å². The molecule has 1 aliphatic carbocycles. The molecule has 0 unspecified atom stereocenters. The number of ether oxygens (including phenoxy) is 1. The molecule has 1 saturated carbocycles. The van der Waals surface area contributed by atoms with Crippen LogP contribution in [0.5, 0.6) is 0 Å². The SMILES string of the molecule is CCOP(=O)(Cc1cc(-c2ccc(-c3ccc(/C=C/[C@H]4[C@H](CC)[C@@H](C)C[C@H]5C(=O)O[C@H](C)[C@@H]45)nc3)cc2C(F)(F)F)c(-c2cccc(C(F)(F)F)c2)cn1)OCC. The van der Waals surface area contributed by atoms with Crippen LogP contribution in [0.25, 0.3) is 39.5 Å². The summed E-state index contributed by atoms with van der Waals surface area (Å²) in [5, 5.41) is 0. The molecule has 3 heterocycles. The van der Waals surface area contributed by atoms with Gasteiger partial charge in [0.2, 0.25) is 0 Å². The Morgan fingerprint density at radius 1 is 0.825 bits per heavy atom. The Kier molecular flexibility index (Phi) is 12.5. The summed E-state index contributed by atoms with van der Waals surface area (Å²) in [7, 11) is -3.76. The van der Waals surface area contributed by atoms with Gasteiger partial charge in [-0.1, -0.05) is 56.7 Å². The van der Waals surface area contributed by atoms with Gasteiger partial charge in [0.05, 0.1) is 47.8 Å². The zero-order chi connectivity index (χ0) is 41.3. The van der Waals surface area contributed by atoms with Gasteiger partial charge >= 0.3 is 25.9 Å². The lowest BCUT2D eigenvalue weighted by atomic mass is 9.61. The molecular weight excluding hydrogens is 769 g/mol. The van der Waals surface area contributed by atoms with Gasteiger partial charge in [-0.2, -0.15) is 26.3 Å². The van der Waals surface area contributed by atoms with Crippen molar-refractivity contribution < 1.29 is 49.5 Å². The minimum absolute atomic E-state index is 0.00769. The highest BCUT2D eigenvalue weighted by Gasteiger charge is 2.52. The molecule has 4 aromatic rings. The van der Waals surface area contributed by atoms with Crippen molar-refractivity contribution in [1.29, 1.82) is 0 Å². The van der Waals surface area contributed by atoms with E-state index in [1.165, 1.54) is 42.7 Å². The predicted octanol–water partition coefficient (Wildman–Crippen LogP) is 12.2. The molecule has 0 radical (unpaired) electrons. The molecule has 1 aliphatic heterocycles. The lowest BCUT2D eigenvalue weighted by Gasteiger charge is -2.41. The Labute approximate surface area is 328 Å². The first-order chi connectivity index (χ1) is 27.0. The fourth-order valence-corrected chi connectivity index (χ4v) is 10.2. The van der Waals surface area contributed by atoms with E-state index in [4.69, 9.17) is 13.8 Å². The van der Waals surface area contributed by atoms with Crippen molar-refractivity contribution in [3.05, 3.63) is 102 Å². The number of alkyl halides is 6. The molecule has 2 aromatic heterocycles. The van der Waals surface area contributed by atoms with Crippen LogP contribution in [-0.4, -0.2) is 35.3 Å². The van der Waals surface area contributed by atoms with Crippen molar-refractivity contribution in [3.63, 3.8) is 0 Å². The number of hydrogen-bond acceptors (Lipinski definition) is 7. The lowest BCUT2D eigenvalue weighted by Crippen LogP contribution is -2.40. The van der Waals surface area contributed by atoms with Crippen LogP contribution < -0.4 is 0 Å². The van der Waals surface area contributed by atoms with Gasteiger partial charge in [-0.25, -0.2) is 0 Å². The maximum absolute atomic E-state index is 15.0. The maximum Gasteiger partial charge on any atom is 0.417 e. The van der Waals surface area contributed by atoms with Crippen LogP contribution in [0.4, 0.5) is 26.3 Å². The number of pyridine rings is 2. The average molecular weight is 815 g/mol. The Balaban J connectivity index is 1.38. The third kappa shape index (κ3) is 9.21. The summed E-state index contributed by atoms with van der Waals surface area (Å²) < 4.78 is 116. The van der Waals surface area contributed by atoms with Crippen molar-refractivity contribution in [3.8, 4) is 33.4 Å². The van der Waals surface area contributed by atoms with E-state index in [9.17, 15) is 22.5 Å². The molecule has 0 N–H and O–H groups in total. The Hall–Kier alpha value is -4.32. The number of rotatable bonds is 12. The second kappa shape index (κ2) is 16.9. The van der Waals surface area contributed by atoms with Gasteiger partial charge in [-0.05, 0) is 104 Å². The normalized spacial score (nSPS) is 22.8. The summed E-state index contributed by atoms with van der Waals surface area (Å²) in [6, 6.07) is 12.7. The largest absolute Gasteiger partial charge is 0.462 e. The fourth-order valence-electron chi connectivity index (χ4n) is 8.55. The van der Waals surface area contributed by atoms with Crippen molar-refractivity contribution in [2.24, 2.45) is 29.6 Å². The summed E-state index contributed by atoms with van der Waals surface area (Å²) in [5.41, 5.74) is -1.11. The predicted molar refractivity (Wildman–Crippen MR) is 206 cm³/mol. The number of hydrogen-bond donors (Lipinski definition) is 0. The summed E-state index contributed by atoms with van der Waals surface area (Å²) in [5.74, 6) is 0.523. The summed E-state index contributed by atoms with van der Waals surface area (Å²) in [4.78, 5) is 21.4. The minimum Gasteiger partial charge on any atom is -0.462 e. The zero-order valence-electron chi connectivity index (χ0n) is 32.2. The molecule has 2 aromatic carbocycles. The van der Waals surface area contributed by atoms with Crippen molar-refractivity contribution >= 4 is 19.6 Å². The van der Waals surface area contributed by atoms with Crippen molar-refractivity contribution in [2.45, 2.75) is 72.1 Å². The van der Waals surface area contributed by atoms with Crippen molar-refractivity contribution in [1.82, 2.24) is 9.97 Å².